The first-order valence-corrected chi connectivity index (χ1v) is 8.49. The molecule has 1 saturated heterocycles. The Balaban J connectivity index is 1.85. The van der Waals surface area contributed by atoms with E-state index in [4.69, 9.17) is 0 Å². The summed E-state index contributed by atoms with van der Waals surface area (Å²) in [6, 6.07) is 6.37. The molecule has 2 amide bonds. The van der Waals surface area contributed by atoms with Gasteiger partial charge in [0.15, 0.2) is 0 Å². The summed E-state index contributed by atoms with van der Waals surface area (Å²) < 4.78 is 13.9. The van der Waals surface area contributed by atoms with Crippen LogP contribution in [0.25, 0.3) is 0 Å². The van der Waals surface area contributed by atoms with Gasteiger partial charge in [-0.15, -0.1) is 0 Å². The standard InChI is InChI=1S/C18H28FN3O2/c1-18(2,3)16(23)11-20-17(24)21-13-7-6-10-22(12-13)15-9-5-4-8-14(15)19/h4-5,8-9,13,16,23H,6-7,10-12H2,1-3H3,(H2,20,21,24). The number of aliphatic hydroxyl groups excluding tert-OH is 1. The number of nitrogens with one attached hydrogen (secondary N) is 2. The van der Waals surface area contributed by atoms with E-state index in [1.165, 1.54) is 6.07 Å². The number of carbonyl (C=O) groups is 1. The molecule has 1 aromatic rings. The van der Waals surface area contributed by atoms with Crippen molar-refractivity contribution in [2.75, 3.05) is 24.5 Å². The fourth-order valence-corrected chi connectivity index (χ4v) is 2.75. The number of benzene rings is 1. The average molecular weight is 337 g/mol. The van der Waals surface area contributed by atoms with Crippen molar-refractivity contribution in [1.82, 2.24) is 10.6 Å². The first-order valence-electron chi connectivity index (χ1n) is 8.49. The molecule has 2 rings (SSSR count). The predicted octanol–water partition coefficient (Wildman–Crippen LogP) is 2.50. The second kappa shape index (κ2) is 7.83. The number of urea groups is 1. The van der Waals surface area contributed by atoms with Crippen LogP contribution in [0, 0.1) is 11.2 Å². The fraction of sp³-hybridized carbons (Fsp3) is 0.611. The Bertz CT molecular complexity index is 559. The molecular formula is C18H28FN3O2. The zero-order valence-electron chi connectivity index (χ0n) is 14.7. The molecule has 1 aromatic carbocycles. The number of nitrogens with zero attached hydrogens (tertiary/aromatic N) is 1. The van der Waals surface area contributed by atoms with Gasteiger partial charge in [0.2, 0.25) is 0 Å². The zero-order valence-corrected chi connectivity index (χ0v) is 14.7. The Morgan fingerprint density at radius 2 is 2.12 bits per heavy atom. The molecule has 0 saturated carbocycles. The van der Waals surface area contributed by atoms with Gasteiger partial charge < -0.3 is 20.6 Å². The summed E-state index contributed by atoms with van der Waals surface area (Å²) in [5, 5.41) is 15.6. The number of para-hydroxylation sites is 1. The third-order valence-electron chi connectivity index (χ3n) is 4.41. The van der Waals surface area contributed by atoms with E-state index in [9.17, 15) is 14.3 Å². The smallest absolute Gasteiger partial charge is 0.315 e. The highest BCUT2D eigenvalue weighted by molar-refractivity contribution is 5.74. The number of carbonyl (C=O) groups excluding carboxylic acids is 1. The van der Waals surface area contributed by atoms with Crippen LogP contribution in [-0.4, -0.2) is 42.9 Å². The van der Waals surface area contributed by atoms with Crippen LogP contribution < -0.4 is 15.5 Å². The van der Waals surface area contributed by atoms with Gasteiger partial charge in [0.1, 0.15) is 5.82 Å². The fourth-order valence-electron chi connectivity index (χ4n) is 2.75. The Kier molecular flexibility index (Phi) is 6.04. The molecule has 0 aromatic heterocycles. The molecule has 0 aliphatic carbocycles. The van der Waals surface area contributed by atoms with Gasteiger partial charge in [0, 0.05) is 25.7 Å². The van der Waals surface area contributed by atoms with Gasteiger partial charge in [-0.1, -0.05) is 32.9 Å². The molecule has 0 bridgehead atoms. The lowest BCUT2D eigenvalue weighted by atomic mass is 9.89. The SMILES string of the molecule is CC(C)(C)C(O)CNC(=O)NC1CCCN(c2ccccc2F)C1. The van der Waals surface area contributed by atoms with E-state index in [1.54, 1.807) is 12.1 Å². The molecule has 0 radical (unpaired) electrons. The van der Waals surface area contributed by atoms with E-state index in [2.05, 4.69) is 10.6 Å². The molecule has 1 aliphatic heterocycles. The van der Waals surface area contributed by atoms with Crippen LogP contribution in [-0.2, 0) is 0 Å². The van der Waals surface area contributed by atoms with Crippen molar-refractivity contribution >= 4 is 11.7 Å². The maximum absolute atomic E-state index is 13.9. The molecule has 3 N–H and O–H groups in total. The number of hydrogen-bond donors (Lipinski definition) is 3. The molecule has 24 heavy (non-hydrogen) atoms. The van der Waals surface area contributed by atoms with Crippen molar-refractivity contribution in [2.45, 2.75) is 45.8 Å². The molecule has 134 valence electrons. The molecule has 2 atom stereocenters. The van der Waals surface area contributed by atoms with E-state index in [-0.39, 0.29) is 29.8 Å². The van der Waals surface area contributed by atoms with E-state index in [0.717, 1.165) is 19.4 Å². The van der Waals surface area contributed by atoms with Crippen molar-refractivity contribution in [3.63, 3.8) is 0 Å². The van der Waals surface area contributed by atoms with Gasteiger partial charge >= 0.3 is 6.03 Å². The van der Waals surface area contributed by atoms with Crippen molar-refractivity contribution in [2.24, 2.45) is 5.41 Å². The molecule has 5 nitrogen and oxygen atoms in total. The Morgan fingerprint density at radius 1 is 1.42 bits per heavy atom. The first kappa shape index (κ1) is 18.5. The number of aliphatic hydroxyl groups is 1. The summed E-state index contributed by atoms with van der Waals surface area (Å²) in [5.41, 5.74) is 0.298. The zero-order chi connectivity index (χ0) is 17.7. The molecule has 1 fully saturated rings. The van der Waals surface area contributed by atoms with Crippen LogP contribution in [0.4, 0.5) is 14.9 Å². The molecular weight excluding hydrogens is 309 g/mol. The highest BCUT2D eigenvalue weighted by Gasteiger charge is 2.25. The van der Waals surface area contributed by atoms with Crippen LogP contribution >= 0.6 is 0 Å². The lowest BCUT2D eigenvalue weighted by molar-refractivity contribution is 0.0648. The first-order chi connectivity index (χ1) is 11.3. The summed E-state index contributed by atoms with van der Waals surface area (Å²) in [7, 11) is 0. The lowest BCUT2D eigenvalue weighted by Crippen LogP contribution is -2.52. The molecule has 6 heteroatoms. The predicted molar refractivity (Wildman–Crippen MR) is 93.6 cm³/mol. The van der Waals surface area contributed by atoms with Gasteiger partial charge in [0.25, 0.3) is 0 Å². The number of amides is 2. The Morgan fingerprint density at radius 3 is 2.79 bits per heavy atom. The number of rotatable bonds is 4. The molecule has 2 unspecified atom stereocenters. The summed E-state index contributed by atoms with van der Waals surface area (Å²) in [5.74, 6) is -0.240. The topological polar surface area (TPSA) is 64.6 Å². The lowest BCUT2D eigenvalue weighted by Gasteiger charge is -2.35. The molecule has 0 spiro atoms. The summed E-state index contributed by atoms with van der Waals surface area (Å²) in [4.78, 5) is 14.0. The second-order valence-electron chi connectivity index (χ2n) is 7.47. The van der Waals surface area contributed by atoms with Gasteiger partial charge in [-0.05, 0) is 30.4 Å². The number of halogens is 1. The van der Waals surface area contributed by atoms with Crippen molar-refractivity contribution in [1.29, 1.82) is 0 Å². The minimum absolute atomic E-state index is 0.0369. The molecule has 1 heterocycles. The van der Waals surface area contributed by atoms with Crippen LogP contribution in [0.5, 0.6) is 0 Å². The third-order valence-corrected chi connectivity index (χ3v) is 4.41. The monoisotopic (exact) mass is 337 g/mol. The maximum atomic E-state index is 13.9. The minimum Gasteiger partial charge on any atom is -0.391 e. The van der Waals surface area contributed by atoms with Crippen LogP contribution in [0.2, 0.25) is 0 Å². The number of hydrogen-bond acceptors (Lipinski definition) is 3. The largest absolute Gasteiger partial charge is 0.391 e. The van der Waals surface area contributed by atoms with Crippen LogP contribution in [0.1, 0.15) is 33.6 Å². The third kappa shape index (κ3) is 5.09. The highest BCUT2D eigenvalue weighted by atomic mass is 19.1. The van der Waals surface area contributed by atoms with Crippen LogP contribution in [0.3, 0.4) is 0 Å². The average Bonchev–Trinajstić information content (AvgIpc) is 2.52. The Hall–Kier alpha value is -1.82. The van der Waals surface area contributed by atoms with Crippen molar-refractivity contribution in [3.8, 4) is 0 Å². The van der Waals surface area contributed by atoms with E-state index in [1.807, 2.05) is 31.7 Å². The van der Waals surface area contributed by atoms with Gasteiger partial charge in [-0.25, -0.2) is 9.18 Å². The van der Waals surface area contributed by atoms with Crippen LogP contribution in [0.15, 0.2) is 24.3 Å². The number of anilines is 1. The van der Waals surface area contributed by atoms with E-state index in [0.29, 0.717) is 12.2 Å². The van der Waals surface area contributed by atoms with E-state index < -0.39 is 6.10 Å². The second-order valence-corrected chi connectivity index (χ2v) is 7.47. The van der Waals surface area contributed by atoms with Gasteiger partial charge in [0.05, 0.1) is 11.8 Å². The summed E-state index contributed by atoms with van der Waals surface area (Å²) in [6.07, 6.45) is 1.15. The normalized spacial score (nSPS) is 19.7. The quantitative estimate of drug-likeness (QED) is 0.791. The maximum Gasteiger partial charge on any atom is 0.315 e. The summed E-state index contributed by atoms with van der Waals surface area (Å²) >= 11 is 0. The minimum atomic E-state index is -0.607. The van der Waals surface area contributed by atoms with Gasteiger partial charge in [-0.2, -0.15) is 0 Å². The highest BCUT2D eigenvalue weighted by Crippen LogP contribution is 2.23. The Labute approximate surface area is 143 Å². The summed E-state index contributed by atoms with van der Waals surface area (Å²) in [6.45, 7) is 7.33. The van der Waals surface area contributed by atoms with Crippen molar-refractivity contribution < 1.29 is 14.3 Å². The molecule has 1 aliphatic rings. The van der Waals surface area contributed by atoms with E-state index >= 15 is 0 Å². The van der Waals surface area contributed by atoms with Crippen molar-refractivity contribution in [3.05, 3.63) is 30.1 Å². The number of piperidine rings is 1. The van der Waals surface area contributed by atoms with Gasteiger partial charge in [-0.3, -0.25) is 0 Å².